The van der Waals surface area contributed by atoms with E-state index in [0.717, 1.165) is 36.2 Å². The molecule has 1 saturated heterocycles. The molecular weight excluding hydrogens is 284 g/mol. The highest BCUT2D eigenvalue weighted by molar-refractivity contribution is 6.31. The van der Waals surface area contributed by atoms with Crippen LogP contribution in [0, 0.1) is 6.92 Å². The summed E-state index contributed by atoms with van der Waals surface area (Å²) in [6, 6.07) is 3.87. The summed E-state index contributed by atoms with van der Waals surface area (Å²) in [5.41, 5.74) is 3.15. The average molecular weight is 307 g/mol. The zero-order valence-electron chi connectivity index (χ0n) is 13.0. The molecule has 1 fully saturated rings. The van der Waals surface area contributed by atoms with Crippen molar-refractivity contribution >= 4 is 29.3 Å². The maximum Gasteiger partial charge on any atom is 0.241 e. The van der Waals surface area contributed by atoms with Crippen LogP contribution in [0.5, 0.6) is 0 Å². The second-order valence-corrected chi connectivity index (χ2v) is 6.05. The number of piperazine rings is 1. The molecule has 1 aliphatic rings. The number of amides is 1. The van der Waals surface area contributed by atoms with E-state index in [1.54, 1.807) is 0 Å². The highest BCUT2D eigenvalue weighted by atomic mass is 35.5. The number of rotatable bonds is 4. The van der Waals surface area contributed by atoms with Crippen molar-refractivity contribution in [2.75, 3.05) is 31.6 Å². The van der Waals surface area contributed by atoms with Crippen LogP contribution in [0.25, 0.3) is 6.08 Å². The number of halogens is 1. The Labute approximate surface area is 132 Å². The lowest BCUT2D eigenvalue weighted by Crippen LogP contribution is -2.49. The average Bonchev–Trinajstić information content (AvgIpc) is 2.43. The van der Waals surface area contributed by atoms with E-state index in [1.165, 1.54) is 0 Å². The van der Waals surface area contributed by atoms with Crippen LogP contribution < -0.4 is 4.90 Å². The molecule has 0 atom stereocenters. The molecule has 0 radical (unpaired) electrons. The number of carbonyl (C=O) groups excluding carboxylic acids is 1. The van der Waals surface area contributed by atoms with E-state index in [1.807, 2.05) is 29.0 Å². The highest BCUT2D eigenvalue weighted by Crippen LogP contribution is 2.30. The Kier molecular flexibility index (Phi) is 5.43. The molecular formula is C17H23ClN2O. The lowest BCUT2D eigenvalue weighted by Gasteiger charge is -2.33. The molecule has 1 amide bonds. The number of hydrogen-bond acceptors (Lipinski definition) is 2. The van der Waals surface area contributed by atoms with Crippen LogP contribution in [-0.2, 0) is 4.79 Å². The van der Waals surface area contributed by atoms with Crippen molar-refractivity contribution in [3.63, 3.8) is 0 Å². The second kappa shape index (κ2) is 7.10. The van der Waals surface area contributed by atoms with Gasteiger partial charge in [-0.05, 0) is 43.7 Å². The van der Waals surface area contributed by atoms with Crippen molar-refractivity contribution < 1.29 is 4.79 Å². The topological polar surface area (TPSA) is 23.6 Å². The first-order chi connectivity index (χ1) is 10.0. The van der Waals surface area contributed by atoms with Gasteiger partial charge in [-0.3, -0.25) is 9.69 Å². The quantitative estimate of drug-likeness (QED) is 0.846. The van der Waals surface area contributed by atoms with Gasteiger partial charge in [-0.25, -0.2) is 0 Å². The second-order valence-electron chi connectivity index (χ2n) is 5.61. The van der Waals surface area contributed by atoms with E-state index in [4.69, 9.17) is 11.6 Å². The summed E-state index contributed by atoms with van der Waals surface area (Å²) >= 11 is 6.25. The van der Waals surface area contributed by atoms with Gasteiger partial charge in [0.25, 0.3) is 0 Å². The smallest absolute Gasteiger partial charge is 0.241 e. The molecule has 0 unspecified atom stereocenters. The van der Waals surface area contributed by atoms with Gasteiger partial charge in [0.05, 0.1) is 6.54 Å². The Balaban J connectivity index is 2.33. The summed E-state index contributed by atoms with van der Waals surface area (Å²) < 4.78 is 0. The number of allylic oxidation sites excluding steroid dienone is 1. The summed E-state index contributed by atoms with van der Waals surface area (Å²) in [6.07, 6.45) is 6.44. The molecule has 0 spiro atoms. The zero-order valence-corrected chi connectivity index (χ0v) is 13.8. The van der Waals surface area contributed by atoms with Crippen molar-refractivity contribution in [2.24, 2.45) is 0 Å². The van der Waals surface area contributed by atoms with Crippen LogP contribution in [0.3, 0.4) is 0 Å². The number of nitrogens with zero attached hydrogens (tertiary/aromatic N) is 2. The Morgan fingerprint density at radius 1 is 1.33 bits per heavy atom. The Morgan fingerprint density at radius 2 is 2.10 bits per heavy atom. The predicted octanol–water partition coefficient (Wildman–Crippen LogP) is 3.74. The molecule has 1 aromatic rings. The van der Waals surface area contributed by atoms with Crippen molar-refractivity contribution in [3.05, 3.63) is 34.4 Å². The predicted molar refractivity (Wildman–Crippen MR) is 90.0 cm³/mol. The summed E-state index contributed by atoms with van der Waals surface area (Å²) in [5, 5.41) is 0.679. The van der Waals surface area contributed by atoms with E-state index < -0.39 is 0 Å². The summed E-state index contributed by atoms with van der Waals surface area (Å²) in [4.78, 5) is 16.2. The molecule has 3 nitrogen and oxygen atoms in total. The minimum atomic E-state index is 0.137. The van der Waals surface area contributed by atoms with E-state index in [0.29, 0.717) is 18.1 Å². The van der Waals surface area contributed by atoms with Crippen molar-refractivity contribution in [1.82, 2.24) is 4.90 Å². The van der Waals surface area contributed by atoms with E-state index >= 15 is 0 Å². The molecule has 1 heterocycles. The van der Waals surface area contributed by atoms with Crippen LogP contribution in [0.4, 0.5) is 5.69 Å². The molecule has 1 aromatic carbocycles. The monoisotopic (exact) mass is 306 g/mol. The minimum Gasteiger partial charge on any atom is -0.310 e. The summed E-state index contributed by atoms with van der Waals surface area (Å²) in [6.45, 7) is 6.28. The van der Waals surface area contributed by atoms with Crippen LogP contribution in [-0.4, -0.2) is 37.5 Å². The van der Waals surface area contributed by atoms with Gasteiger partial charge < -0.3 is 4.90 Å². The molecule has 0 saturated carbocycles. The Morgan fingerprint density at radius 3 is 2.76 bits per heavy atom. The maximum atomic E-state index is 12.3. The third-order valence-corrected chi connectivity index (χ3v) is 4.06. The van der Waals surface area contributed by atoms with Gasteiger partial charge in [-0.15, -0.1) is 0 Å². The lowest BCUT2D eigenvalue weighted by molar-refractivity contribution is -0.120. The van der Waals surface area contributed by atoms with E-state index in [2.05, 4.69) is 26.0 Å². The van der Waals surface area contributed by atoms with Gasteiger partial charge in [-0.1, -0.05) is 37.1 Å². The first kappa shape index (κ1) is 16.1. The first-order valence-corrected chi connectivity index (χ1v) is 7.86. The van der Waals surface area contributed by atoms with Crippen molar-refractivity contribution in [1.29, 1.82) is 0 Å². The molecule has 4 heteroatoms. The number of hydrogen-bond donors (Lipinski definition) is 0. The standard InChI is InChI=1S/C17H23ClN2O/c1-4-5-6-7-14-10-15(18)11-16(13(14)2)20-9-8-19(3)12-17(20)21/h6-7,10-11H,4-5,8-9,12H2,1-3H3/b7-6-. The van der Waals surface area contributed by atoms with Crippen LogP contribution in [0.1, 0.15) is 30.9 Å². The van der Waals surface area contributed by atoms with Gasteiger partial charge in [0.1, 0.15) is 0 Å². The Hall–Kier alpha value is -1.32. The number of carbonyl (C=O) groups is 1. The molecule has 1 aliphatic heterocycles. The lowest BCUT2D eigenvalue weighted by atomic mass is 10.0. The fourth-order valence-corrected chi connectivity index (χ4v) is 2.78. The normalized spacial score (nSPS) is 17.0. The number of unbranched alkanes of at least 4 members (excludes halogenated alkanes) is 1. The van der Waals surface area contributed by atoms with Gasteiger partial charge in [0, 0.05) is 23.8 Å². The van der Waals surface area contributed by atoms with Crippen LogP contribution in [0.15, 0.2) is 18.2 Å². The number of anilines is 1. The number of likely N-dealkylation sites (N-methyl/N-ethyl adjacent to an activating group) is 1. The zero-order chi connectivity index (χ0) is 15.4. The maximum absolute atomic E-state index is 12.3. The molecule has 0 aliphatic carbocycles. The highest BCUT2D eigenvalue weighted by Gasteiger charge is 2.24. The summed E-state index contributed by atoms with van der Waals surface area (Å²) in [5.74, 6) is 0.137. The molecule has 0 bridgehead atoms. The van der Waals surface area contributed by atoms with Crippen molar-refractivity contribution in [2.45, 2.75) is 26.7 Å². The fraction of sp³-hybridized carbons (Fsp3) is 0.471. The molecule has 0 N–H and O–H groups in total. The van der Waals surface area contributed by atoms with Crippen molar-refractivity contribution in [3.8, 4) is 0 Å². The minimum absolute atomic E-state index is 0.137. The molecule has 2 rings (SSSR count). The van der Waals surface area contributed by atoms with Crippen LogP contribution in [0.2, 0.25) is 5.02 Å². The molecule has 21 heavy (non-hydrogen) atoms. The van der Waals surface area contributed by atoms with E-state index in [-0.39, 0.29) is 5.91 Å². The third-order valence-electron chi connectivity index (χ3n) is 3.84. The number of benzene rings is 1. The van der Waals surface area contributed by atoms with Gasteiger partial charge >= 0.3 is 0 Å². The largest absolute Gasteiger partial charge is 0.310 e. The molecule has 0 aromatic heterocycles. The third kappa shape index (κ3) is 3.86. The molecule has 114 valence electrons. The fourth-order valence-electron chi connectivity index (χ4n) is 2.56. The SMILES string of the molecule is CCC/C=C\c1cc(Cl)cc(N2CCN(C)CC2=O)c1C. The van der Waals surface area contributed by atoms with Gasteiger partial charge in [0.15, 0.2) is 0 Å². The van der Waals surface area contributed by atoms with Gasteiger partial charge in [0.2, 0.25) is 5.91 Å². The van der Waals surface area contributed by atoms with Gasteiger partial charge in [-0.2, -0.15) is 0 Å². The van der Waals surface area contributed by atoms with E-state index in [9.17, 15) is 4.79 Å². The van der Waals surface area contributed by atoms with Crippen LogP contribution >= 0.6 is 11.6 Å². The summed E-state index contributed by atoms with van der Waals surface area (Å²) in [7, 11) is 1.97. The first-order valence-electron chi connectivity index (χ1n) is 7.48. The Bertz CT molecular complexity index is 554.